The van der Waals surface area contributed by atoms with Gasteiger partial charge in [-0.1, -0.05) is 23.7 Å². The van der Waals surface area contributed by atoms with E-state index in [1.807, 2.05) is 0 Å². The van der Waals surface area contributed by atoms with Crippen molar-refractivity contribution >= 4 is 27.6 Å². The fraction of sp³-hybridized carbons (Fsp3) is 0.462. The Bertz CT molecular complexity index is 593. The lowest BCUT2D eigenvalue weighted by atomic mass is 10.2. The Hall–Kier alpha value is -1.11. The number of nitrogens with one attached hydrogen (secondary N) is 1. The van der Waals surface area contributed by atoms with Crippen molar-refractivity contribution in [1.29, 1.82) is 0 Å². The maximum Gasteiger partial charge on any atom is 0.324 e. The lowest BCUT2D eigenvalue weighted by molar-refractivity contribution is -0.156. The molecule has 112 valence electrons. The topological polar surface area (TPSA) is 72.5 Å². The number of hydrogen-bond donors (Lipinski definition) is 1. The Morgan fingerprint density at radius 2 is 1.85 bits per heavy atom. The van der Waals surface area contributed by atoms with E-state index in [-0.39, 0.29) is 9.92 Å². The molecule has 1 aromatic rings. The second-order valence-electron chi connectivity index (χ2n) is 5.31. The van der Waals surface area contributed by atoms with Crippen molar-refractivity contribution in [3.8, 4) is 0 Å². The van der Waals surface area contributed by atoms with Crippen molar-refractivity contribution in [3.63, 3.8) is 0 Å². The standard InChI is InChI=1S/C13H18ClNO4S/c1-9(12(16)19-13(2,3)4)15-20(17,18)11-8-6-5-7-10(11)14/h5-9,15H,1-4H3/t9-/m1/s1. The lowest BCUT2D eigenvalue weighted by Gasteiger charge is -2.22. The lowest BCUT2D eigenvalue weighted by Crippen LogP contribution is -2.42. The normalized spacial score (nSPS) is 13.8. The maximum atomic E-state index is 12.1. The van der Waals surface area contributed by atoms with Gasteiger partial charge in [0, 0.05) is 0 Å². The average molecular weight is 320 g/mol. The Labute approximate surface area is 124 Å². The molecule has 0 amide bonds. The minimum absolute atomic E-state index is 0.0722. The maximum absolute atomic E-state index is 12.1. The van der Waals surface area contributed by atoms with Gasteiger partial charge in [-0.3, -0.25) is 4.79 Å². The summed E-state index contributed by atoms with van der Waals surface area (Å²) >= 11 is 5.84. The number of sulfonamides is 1. The molecule has 0 radical (unpaired) electrons. The van der Waals surface area contributed by atoms with E-state index >= 15 is 0 Å². The summed E-state index contributed by atoms with van der Waals surface area (Å²) < 4.78 is 31.6. The van der Waals surface area contributed by atoms with Crippen molar-refractivity contribution in [2.24, 2.45) is 0 Å². The van der Waals surface area contributed by atoms with E-state index in [0.29, 0.717) is 0 Å². The molecule has 1 aromatic carbocycles. The fourth-order valence-corrected chi connectivity index (χ4v) is 3.11. The molecule has 1 rings (SSSR count). The van der Waals surface area contributed by atoms with Gasteiger partial charge in [0.05, 0.1) is 5.02 Å². The van der Waals surface area contributed by atoms with Crippen LogP contribution in [0.3, 0.4) is 0 Å². The third kappa shape index (κ3) is 4.77. The Balaban J connectivity index is 2.87. The van der Waals surface area contributed by atoms with Gasteiger partial charge in [-0.15, -0.1) is 0 Å². The highest BCUT2D eigenvalue weighted by molar-refractivity contribution is 7.89. The predicted octanol–water partition coefficient (Wildman–Crippen LogP) is 2.35. The molecule has 0 aromatic heterocycles. The van der Waals surface area contributed by atoms with Crippen LogP contribution in [0, 0.1) is 0 Å². The monoisotopic (exact) mass is 319 g/mol. The SMILES string of the molecule is C[C@@H](NS(=O)(=O)c1ccccc1Cl)C(=O)OC(C)(C)C. The molecule has 20 heavy (non-hydrogen) atoms. The molecule has 0 saturated heterocycles. The van der Waals surface area contributed by atoms with Crippen LogP contribution in [0.25, 0.3) is 0 Å². The van der Waals surface area contributed by atoms with Gasteiger partial charge in [-0.2, -0.15) is 4.72 Å². The third-order valence-electron chi connectivity index (χ3n) is 2.22. The van der Waals surface area contributed by atoms with Gasteiger partial charge < -0.3 is 4.74 Å². The summed E-state index contributed by atoms with van der Waals surface area (Å²) in [5.74, 6) is -0.645. The number of ether oxygens (including phenoxy) is 1. The van der Waals surface area contributed by atoms with Gasteiger partial charge in [-0.25, -0.2) is 8.42 Å². The highest BCUT2D eigenvalue weighted by Crippen LogP contribution is 2.20. The summed E-state index contributed by atoms with van der Waals surface area (Å²) in [4.78, 5) is 11.7. The molecule has 0 aliphatic heterocycles. The second kappa shape index (κ2) is 6.11. The zero-order chi connectivity index (χ0) is 15.6. The van der Waals surface area contributed by atoms with E-state index in [0.717, 1.165) is 0 Å². The molecule has 0 bridgehead atoms. The first-order chi connectivity index (χ1) is 9.03. The minimum Gasteiger partial charge on any atom is -0.459 e. The largest absolute Gasteiger partial charge is 0.459 e. The third-order valence-corrected chi connectivity index (χ3v) is 4.26. The van der Waals surface area contributed by atoms with Crippen LogP contribution in [0.2, 0.25) is 5.02 Å². The molecule has 0 saturated carbocycles. The van der Waals surface area contributed by atoms with Gasteiger partial charge in [0.25, 0.3) is 0 Å². The molecule has 7 heteroatoms. The number of carbonyl (C=O) groups is 1. The molecule has 0 aliphatic carbocycles. The number of carbonyl (C=O) groups excluding carboxylic acids is 1. The van der Waals surface area contributed by atoms with Crippen LogP contribution in [-0.2, 0) is 19.6 Å². The average Bonchev–Trinajstić information content (AvgIpc) is 2.26. The number of esters is 1. The van der Waals surface area contributed by atoms with Gasteiger partial charge in [-0.05, 0) is 39.8 Å². The molecular formula is C13H18ClNO4S. The zero-order valence-corrected chi connectivity index (χ0v) is 13.4. The smallest absolute Gasteiger partial charge is 0.324 e. The van der Waals surface area contributed by atoms with E-state index in [9.17, 15) is 13.2 Å². The summed E-state index contributed by atoms with van der Waals surface area (Å²) in [5, 5.41) is 0.0939. The molecule has 1 N–H and O–H groups in total. The van der Waals surface area contributed by atoms with Crippen LogP contribution < -0.4 is 4.72 Å². The van der Waals surface area contributed by atoms with E-state index in [1.165, 1.54) is 19.1 Å². The Morgan fingerprint density at radius 3 is 2.35 bits per heavy atom. The van der Waals surface area contributed by atoms with E-state index < -0.39 is 27.6 Å². The second-order valence-corrected chi connectivity index (χ2v) is 7.40. The molecule has 0 unspecified atom stereocenters. The van der Waals surface area contributed by atoms with Crippen LogP contribution in [0.15, 0.2) is 29.2 Å². The summed E-state index contributed by atoms with van der Waals surface area (Å²) in [5.41, 5.74) is -0.679. The Kier molecular flexibility index (Phi) is 5.18. The van der Waals surface area contributed by atoms with Crippen molar-refractivity contribution in [2.75, 3.05) is 0 Å². The molecule has 0 aliphatic rings. The molecular weight excluding hydrogens is 302 g/mol. The quantitative estimate of drug-likeness (QED) is 0.865. The summed E-state index contributed by atoms with van der Waals surface area (Å²) in [7, 11) is -3.87. The first kappa shape index (κ1) is 16.9. The first-order valence-corrected chi connectivity index (χ1v) is 7.89. The van der Waals surface area contributed by atoms with Crippen molar-refractivity contribution < 1.29 is 17.9 Å². The highest BCUT2D eigenvalue weighted by Gasteiger charge is 2.27. The molecule has 0 spiro atoms. The van der Waals surface area contributed by atoms with Gasteiger partial charge in [0.15, 0.2) is 0 Å². The molecule has 5 nitrogen and oxygen atoms in total. The van der Waals surface area contributed by atoms with E-state index in [2.05, 4.69) is 4.72 Å². The van der Waals surface area contributed by atoms with Crippen LogP contribution in [0.1, 0.15) is 27.7 Å². The minimum atomic E-state index is -3.87. The fourth-order valence-electron chi connectivity index (χ4n) is 1.40. The first-order valence-electron chi connectivity index (χ1n) is 6.02. The summed E-state index contributed by atoms with van der Waals surface area (Å²) in [6, 6.07) is 5.01. The van der Waals surface area contributed by atoms with Gasteiger partial charge in [0.1, 0.15) is 16.5 Å². The van der Waals surface area contributed by atoms with Crippen molar-refractivity contribution in [1.82, 2.24) is 4.72 Å². The van der Waals surface area contributed by atoms with Crippen LogP contribution >= 0.6 is 11.6 Å². The highest BCUT2D eigenvalue weighted by atomic mass is 35.5. The number of hydrogen-bond acceptors (Lipinski definition) is 4. The van der Waals surface area contributed by atoms with Crippen LogP contribution in [-0.4, -0.2) is 26.0 Å². The van der Waals surface area contributed by atoms with Crippen molar-refractivity contribution in [3.05, 3.63) is 29.3 Å². The predicted molar refractivity (Wildman–Crippen MR) is 77.1 cm³/mol. The Morgan fingerprint density at radius 1 is 1.30 bits per heavy atom. The summed E-state index contributed by atoms with van der Waals surface area (Å²) in [6.45, 7) is 6.54. The zero-order valence-electron chi connectivity index (χ0n) is 11.8. The number of halogens is 1. The van der Waals surface area contributed by atoms with Gasteiger partial charge >= 0.3 is 5.97 Å². The van der Waals surface area contributed by atoms with Crippen molar-refractivity contribution in [2.45, 2.75) is 44.2 Å². The van der Waals surface area contributed by atoms with Crippen LogP contribution in [0.5, 0.6) is 0 Å². The van der Waals surface area contributed by atoms with Gasteiger partial charge in [0.2, 0.25) is 10.0 Å². The number of benzene rings is 1. The van der Waals surface area contributed by atoms with Crippen LogP contribution in [0.4, 0.5) is 0 Å². The van der Waals surface area contributed by atoms with E-state index in [4.69, 9.17) is 16.3 Å². The van der Waals surface area contributed by atoms with E-state index in [1.54, 1.807) is 32.9 Å². The molecule has 0 heterocycles. The summed E-state index contributed by atoms with van der Waals surface area (Å²) in [6.07, 6.45) is 0. The number of rotatable bonds is 4. The molecule has 1 atom stereocenters. The molecule has 0 fully saturated rings.